The van der Waals surface area contributed by atoms with Gasteiger partial charge in [-0.2, -0.15) is 0 Å². The second-order valence-electron chi connectivity index (χ2n) is 10.8. The van der Waals surface area contributed by atoms with Crippen LogP contribution in [0.3, 0.4) is 0 Å². The molecule has 202 valence electrons. The van der Waals surface area contributed by atoms with E-state index in [1.54, 1.807) is 25.3 Å². The van der Waals surface area contributed by atoms with Crippen LogP contribution in [-0.4, -0.2) is 59.8 Å². The van der Waals surface area contributed by atoms with E-state index in [0.29, 0.717) is 35.6 Å². The number of sulfone groups is 1. The molecule has 0 bridgehead atoms. The van der Waals surface area contributed by atoms with Gasteiger partial charge < -0.3 is 15.3 Å². The number of hydrogen-bond donors (Lipinski definition) is 2. The summed E-state index contributed by atoms with van der Waals surface area (Å²) in [6.45, 7) is 7.20. The highest BCUT2D eigenvalue weighted by Crippen LogP contribution is 2.33. The van der Waals surface area contributed by atoms with Gasteiger partial charge in [0.15, 0.2) is 9.84 Å². The fourth-order valence-electron chi connectivity index (χ4n) is 4.75. The molecule has 4 aromatic rings. The number of aryl methyl sites for hydroxylation is 1. The number of fused-ring (bicyclic) bond motifs is 1. The molecule has 1 saturated heterocycles. The number of amides is 1. The number of aromatic nitrogens is 3. The zero-order valence-corrected chi connectivity index (χ0v) is 23.2. The zero-order valence-electron chi connectivity index (χ0n) is 22.3. The maximum absolute atomic E-state index is 12.7. The van der Waals surface area contributed by atoms with E-state index in [4.69, 9.17) is 9.97 Å². The van der Waals surface area contributed by atoms with Crippen molar-refractivity contribution >= 4 is 32.5 Å². The number of carbonyl (C=O) groups is 1. The van der Waals surface area contributed by atoms with Crippen LogP contribution in [0.4, 0.5) is 5.82 Å². The number of pyridine rings is 3. The predicted molar refractivity (Wildman–Crippen MR) is 150 cm³/mol. The number of anilines is 1. The molecule has 0 aliphatic carbocycles. The minimum absolute atomic E-state index is 0.137. The first-order chi connectivity index (χ1) is 18.4. The van der Waals surface area contributed by atoms with E-state index in [9.17, 15) is 18.3 Å². The van der Waals surface area contributed by atoms with Crippen molar-refractivity contribution in [2.45, 2.75) is 38.3 Å². The van der Waals surface area contributed by atoms with Crippen molar-refractivity contribution in [1.29, 1.82) is 0 Å². The molecule has 0 saturated carbocycles. The van der Waals surface area contributed by atoms with Crippen molar-refractivity contribution in [2.24, 2.45) is 5.41 Å². The lowest BCUT2D eigenvalue weighted by molar-refractivity contribution is 0.0949. The van der Waals surface area contributed by atoms with Crippen molar-refractivity contribution in [3.8, 4) is 11.4 Å². The molecular formula is C29H31N5O4S. The number of nitrogens with zero attached hydrogens (tertiary/aromatic N) is 4. The summed E-state index contributed by atoms with van der Waals surface area (Å²) < 4.78 is 24.0. The van der Waals surface area contributed by atoms with Crippen LogP contribution in [0.2, 0.25) is 0 Å². The Morgan fingerprint density at radius 2 is 1.87 bits per heavy atom. The average molecular weight is 546 g/mol. The van der Waals surface area contributed by atoms with Crippen molar-refractivity contribution < 1.29 is 18.3 Å². The van der Waals surface area contributed by atoms with Crippen LogP contribution < -0.4 is 10.2 Å². The lowest BCUT2D eigenvalue weighted by Crippen LogP contribution is -2.26. The lowest BCUT2D eigenvalue weighted by Gasteiger charge is -2.21. The maximum Gasteiger partial charge on any atom is 0.251 e. The molecule has 1 atom stereocenters. The SMILES string of the molecule is Cc1ccc(C(=O)NCc2cc3nc(-c4cccc(N5CC(O)C(C)(C)C5)n4)ccc3cn2)cc1S(C)(=O)=O. The Morgan fingerprint density at radius 1 is 1.10 bits per heavy atom. The van der Waals surface area contributed by atoms with Crippen LogP contribution in [0.25, 0.3) is 22.3 Å². The van der Waals surface area contributed by atoms with Gasteiger partial charge in [0.1, 0.15) is 5.82 Å². The predicted octanol–water partition coefficient (Wildman–Crippen LogP) is 3.54. The molecule has 5 rings (SSSR count). The maximum atomic E-state index is 12.7. The number of hydrogen-bond acceptors (Lipinski definition) is 8. The third-order valence-corrected chi connectivity index (χ3v) is 8.36. The van der Waals surface area contributed by atoms with Crippen LogP contribution in [-0.2, 0) is 16.4 Å². The van der Waals surface area contributed by atoms with Crippen molar-refractivity contribution in [3.05, 3.63) is 77.6 Å². The molecule has 0 spiro atoms. The van der Waals surface area contributed by atoms with E-state index in [1.165, 1.54) is 6.07 Å². The highest BCUT2D eigenvalue weighted by molar-refractivity contribution is 7.90. The Kier molecular flexibility index (Phi) is 6.86. The molecule has 1 aliphatic rings. The second kappa shape index (κ2) is 10.0. The highest BCUT2D eigenvalue weighted by atomic mass is 32.2. The number of β-amino-alcohol motifs (C(OH)–C–C–N with tert-alkyl or cyclic N) is 1. The normalized spacial score (nSPS) is 16.9. The first-order valence-corrected chi connectivity index (χ1v) is 14.5. The van der Waals surface area contributed by atoms with Gasteiger partial charge in [-0.1, -0.05) is 26.0 Å². The standard InChI is InChI=1S/C29H31N5O4S/c1-18-8-9-19(12-25(18)39(4,37)38)28(36)31-15-21-13-24-20(14-30-21)10-11-23(32-24)22-6-5-7-27(33-22)34-16-26(35)29(2,3)17-34/h5-14,26,35H,15-17H2,1-4H3,(H,31,36). The fraction of sp³-hybridized carbons (Fsp3) is 0.310. The average Bonchev–Trinajstić information content (AvgIpc) is 3.18. The molecule has 2 N–H and O–H groups in total. The first-order valence-electron chi connectivity index (χ1n) is 12.7. The Morgan fingerprint density at radius 3 is 2.59 bits per heavy atom. The van der Waals surface area contributed by atoms with Crippen LogP contribution in [0.15, 0.2) is 65.7 Å². The summed E-state index contributed by atoms with van der Waals surface area (Å²) in [7, 11) is -3.44. The number of aliphatic hydroxyl groups is 1. The zero-order chi connectivity index (χ0) is 27.9. The largest absolute Gasteiger partial charge is 0.391 e. The Labute approximate surface area is 227 Å². The third kappa shape index (κ3) is 5.62. The Balaban J connectivity index is 1.34. The van der Waals surface area contributed by atoms with E-state index < -0.39 is 15.9 Å². The number of carbonyl (C=O) groups excluding carboxylic acids is 1. The second-order valence-corrected chi connectivity index (χ2v) is 12.8. The van der Waals surface area contributed by atoms with Crippen LogP contribution in [0.5, 0.6) is 0 Å². The van der Waals surface area contributed by atoms with E-state index >= 15 is 0 Å². The van der Waals surface area contributed by atoms with Gasteiger partial charge in [0.25, 0.3) is 5.91 Å². The number of benzene rings is 1. The lowest BCUT2D eigenvalue weighted by atomic mass is 9.90. The molecule has 1 amide bonds. The molecule has 1 unspecified atom stereocenters. The minimum atomic E-state index is -3.44. The first kappa shape index (κ1) is 26.7. The van der Waals surface area contributed by atoms with Gasteiger partial charge in [0.2, 0.25) is 0 Å². The van der Waals surface area contributed by atoms with Crippen LogP contribution in [0, 0.1) is 12.3 Å². The monoisotopic (exact) mass is 545 g/mol. The highest BCUT2D eigenvalue weighted by Gasteiger charge is 2.38. The Bertz CT molecular complexity index is 1690. The topological polar surface area (TPSA) is 125 Å². The summed E-state index contributed by atoms with van der Waals surface area (Å²) in [6.07, 6.45) is 2.42. The number of nitrogens with one attached hydrogen (secondary N) is 1. The van der Waals surface area contributed by atoms with Crippen LogP contribution in [0.1, 0.15) is 35.5 Å². The van der Waals surface area contributed by atoms with Gasteiger partial charge in [0.05, 0.1) is 40.1 Å². The van der Waals surface area contributed by atoms with E-state index in [-0.39, 0.29) is 28.3 Å². The number of aliphatic hydroxyl groups excluding tert-OH is 1. The summed E-state index contributed by atoms with van der Waals surface area (Å²) >= 11 is 0. The van der Waals surface area contributed by atoms with Gasteiger partial charge in [-0.3, -0.25) is 9.78 Å². The molecule has 1 fully saturated rings. The number of rotatable bonds is 6. The molecule has 39 heavy (non-hydrogen) atoms. The van der Waals surface area contributed by atoms with Crippen molar-refractivity contribution in [1.82, 2.24) is 20.3 Å². The van der Waals surface area contributed by atoms with Gasteiger partial charge in [0, 0.05) is 41.9 Å². The molecule has 4 heterocycles. The quantitative estimate of drug-likeness (QED) is 0.377. The molecule has 1 aromatic carbocycles. The minimum Gasteiger partial charge on any atom is -0.391 e. The van der Waals surface area contributed by atoms with E-state index in [2.05, 4.69) is 15.2 Å². The summed E-state index contributed by atoms with van der Waals surface area (Å²) in [5, 5.41) is 14.0. The smallest absolute Gasteiger partial charge is 0.251 e. The third-order valence-electron chi connectivity index (χ3n) is 7.12. The molecule has 10 heteroatoms. The molecule has 1 aliphatic heterocycles. The van der Waals surface area contributed by atoms with Crippen molar-refractivity contribution in [2.75, 3.05) is 24.2 Å². The summed E-state index contributed by atoms with van der Waals surface area (Å²) in [4.78, 5) is 29.0. The van der Waals surface area contributed by atoms with Gasteiger partial charge in [-0.15, -0.1) is 0 Å². The van der Waals surface area contributed by atoms with Gasteiger partial charge in [-0.25, -0.2) is 18.4 Å². The molecule has 9 nitrogen and oxygen atoms in total. The fourth-order valence-corrected chi connectivity index (χ4v) is 5.74. The van der Waals surface area contributed by atoms with Gasteiger partial charge in [-0.05, 0) is 55.0 Å². The summed E-state index contributed by atoms with van der Waals surface area (Å²) in [5.41, 5.74) is 3.42. The van der Waals surface area contributed by atoms with E-state index in [0.717, 1.165) is 23.2 Å². The van der Waals surface area contributed by atoms with E-state index in [1.807, 2.05) is 50.2 Å². The van der Waals surface area contributed by atoms with Crippen molar-refractivity contribution in [3.63, 3.8) is 0 Å². The molecule has 3 aromatic heterocycles. The van der Waals surface area contributed by atoms with Gasteiger partial charge >= 0.3 is 0 Å². The summed E-state index contributed by atoms with van der Waals surface area (Å²) in [6, 6.07) is 16.1. The van der Waals surface area contributed by atoms with Crippen LogP contribution >= 0.6 is 0 Å². The molecule has 0 radical (unpaired) electrons. The Hall–Kier alpha value is -3.89. The summed E-state index contributed by atoms with van der Waals surface area (Å²) in [5.74, 6) is 0.409. The molecular weight excluding hydrogens is 514 g/mol.